The SMILES string of the molecule is COc1ccccc1-c1cc(C)ncc1C(=O)Nc1nnc(COc2ccc(C(F)(F)F)cc2)s1. The number of nitrogens with zero attached hydrogens (tertiary/aromatic N) is 3. The summed E-state index contributed by atoms with van der Waals surface area (Å²) in [4.78, 5) is 17.3. The second-order valence-corrected chi connectivity index (χ2v) is 8.40. The summed E-state index contributed by atoms with van der Waals surface area (Å²) < 4.78 is 49.0. The topological polar surface area (TPSA) is 86.2 Å². The number of alkyl halides is 3. The predicted molar refractivity (Wildman–Crippen MR) is 125 cm³/mol. The van der Waals surface area contributed by atoms with Gasteiger partial charge in [-0.15, -0.1) is 10.2 Å². The molecular formula is C24H19F3N4O3S. The third-order valence-electron chi connectivity index (χ3n) is 4.91. The number of pyridine rings is 1. The van der Waals surface area contributed by atoms with Crippen LogP contribution in [0.3, 0.4) is 0 Å². The maximum absolute atomic E-state index is 13.0. The van der Waals surface area contributed by atoms with Crippen molar-refractivity contribution < 1.29 is 27.4 Å². The first-order chi connectivity index (χ1) is 16.7. The van der Waals surface area contributed by atoms with Crippen molar-refractivity contribution in [3.8, 4) is 22.6 Å². The van der Waals surface area contributed by atoms with Crippen molar-refractivity contribution in [2.75, 3.05) is 12.4 Å². The number of carbonyl (C=O) groups excluding carboxylic acids is 1. The summed E-state index contributed by atoms with van der Waals surface area (Å²) in [5.41, 5.74) is 1.71. The number of hydrogen-bond donors (Lipinski definition) is 1. The smallest absolute Gasteiger partial charge is 0.416 e. The van der Waals surface area contributed by atoms with Crippen molar-refractivity contribution >= 4 is 22.4 Å². The molecule has 2 heterocycles. The van der Waals surface area contributed by atoms with Crippen LogP contribution in [-0.2, 0) is 12.8 Å². The Morgan fingerprint density at radius 1 is 1.06 bits per heavy atom. The van der Waals surface area contributed by atoms with Crippen LogP contribution >= 0.6 is 11.3 Å². The van der Waals surface area contributed by atoms with E-state index in [9.17, 15) is 18.0 Å². The van der Waals surface area contributed by atoms with E-state index in [0.29, 0.717) is 21.9 Å². The van der Waals surface area contributed by atoms with Crippen LogP contribution in [0.4, 0.5) is 18.3 Å². The molecule has 0 radical (unpaired) electrons. The highest BCUT2D eigenvalue weighted by Gasteiger charge is 2.30. The minimum absolute atomic E-state index is 0.0164. The Bertz CT molecular complexity index is 1340. The molecule has 0 saturated heterocycles. The van der Waals surface area contributed by atoms with Crippen molar-refractivity contribution in [3.63, 3.8) is 0 Å². The maximum atomic E-state index is 13.0. The summed E-state index contributed by atoms with van der Waals surface area (Å²) in [5, 5.41) is 11.3. The molecule has 1 N–H and O–H groups in total. The van der Waals surface area contributed by atoms with Gasteiger partial charge in [0.25, 0.3) is 5.91 Å². The highest BCUT2D eigenvalue weighted by molar-refractivity contribution is 7.15. The van der Waals surface area contributed by atoms with Gasteiger partial charge in [-0.2, -0.15) is 13.2 Å². The lowest BCUT2D eigenvalue weighted by atomic mass is 9.99. The van der Waals surface area contributed by atoms with E-state index < -0.39 is 17.6 Å². The van der Waals surface area contributed by atoms with E-state index in [1.165, 1.54) is 18.3 Å². The van der Waals surface area contributed by atoms with Gasteiger partial charge in [-0.3, -0.25) is 15.1 Å². The summed E-state index contributed by atoms with van der Waals surface area (Å²) in [6.07, 6.45) is -2.93. The number of anilines is 1. The molecule has 180 valence electrons. The molecule has 0 aliphatic carbocycles. The summed E-state index contributed by atoms with van der Waals surface area (Å²) in [5.74, 6) is 0.446. The monoisotopic (exact) mass is 500 g/mol. The van der Waals surface area contributed by atoms with Crippen molar-refractivity contribution in [3.05, 3.63) is 82.6 Å². The molecule has 4 aromatic rings. The number of para-hydroxylation sites is 1. The first kappa shape index (κ1) is 24.1. The highest BCUT2D eigenvalue weighted by Crippen LogP contribution is 2.33. The minimum Gasteiger partial charge on any atom is -0.496 e. The standard InChI is InChI=1S/C24H19F3N4O3S/c1-14-11-18(17-5-3-4-6-20(17)33-2)19(12-28-14)22(32)29-23-31-30-21(35-23)13-34-16-9-7-15(8-10-16)24(25,26)27/h3-12H,13H2,1-2H3,(H,29,31,32). The number of aryl methyl sites for hydroxylation is 1. The van der Waals surface area contributed by atoms with Crippen LogP contribution in [0.1, 0.15) is 26.6 Å². The van der Waals surface area contributed by atoms with E-state index >= 15 is 0 Å². The molecule has 0 bridgehead atoms. The number of hydrogen-bond acceptors (Lipinski definition) is 7. The van der Waals surface area contributed by atoms with Crippen LogP contribution in [-0.4, -0.2) is 28.2 Å². The molecule has 0 aliphatic rings. The fraction of sp³-hybridized carbons (Fsp3) is 0.167. The molecule has 35 heavy (non-hydrogen) atoms. The van der Waals surface area contributed by atoms with Gasteiger partial charge in [0, 0.05) is 23.0 Å². The molecule has 11 heteroatoms. The van der Waals surface area contributed by atoms with Crippen molar-refractivity contribution in [1.29, 1.82) is 0 Å². The highest BCUT2D eigenvalue weighted by atomic mass is 32.1. The lowest BCUT2D eigenvalue weighted by molar-refractivity contribution is -0.137. The number of amides is 1. The third kappa shape index (κ3) is 5.75. The Labute approximate surface area is 202 Å². The fourth-order valence-electron chi connectivity index (χ4n) is 3.24. The number of aromatic nitrogens is 3. The number of rotatable bonds is 7. The van der Waals surface area contributed by atoms with Gasteiger partial charge in [-0.1, -0.05) is 29.5 Å². The average molecular weight is 501 g/mol. The number of halogens is 3. The Balaban J connectivity index is 1.46. The molecule has 0 unspecified atom stereocenters. The molecular weight excluding hydrogens is 481 g/mol. The molecule has 0 aliphatic heterocycles. The predicted octanol–water partition coefficient (Wildman–Crippen LogP) is 5.77. The van der Waals surface area contributed by atoms with Crippen LogP contribution in [0.15, 0.2) is 60.8 Å². The number of benzene rings is 2. The molecule has 2 aromatic carbocycles. The zero-order valence-corrected chi connectivity index (χ0v) is 19.4. The quantitative estimate of drug-likeness (QED) is 0.347. The largest absolute Gasteiger partial charge is 0.496 e. The normalized spacial score (nSPS) is 11.2. The van der Waals surface area contributed by atoms with Gasteiger partial charge in [0.1, 0.15) is 18.1 Å². The first-order valence-electron chi connectivity index (χ1n) is 10.3. The van der Waals surface area contributed by atoms with Gasteiger partial charge in [0.2, 0.25) is 5.13 Å². The van der Waals surface area contributed by atoms with E-state index in [0.717, 1.165) is 34.7 Å². The number of ether oxygens (including phenoxy) is 2. The van der Waals surface area contributed by atoms with Gasteiger partial charge in [-0.05, 0) is 43.3 Å². The van der Waals surface area contributed by atoms with E-state index in [-0.39, 0.29) is 17.5 Å². The Hall–Kier alpha value is -3.99. The zero-order chi connectivity index (χ0) is 25.0. The van der Waals surface area contributed by atoms with Crippen LogP contribution < -0.4 is 14.8 Å². The lowest BCUT2D eigenvalue weighted by Gasteiger charge is -2.13. The minimum atomic E-state index is -4.41. The van der Waals surface area contributed by atoms with Gasteiger partial charge in [0.15, 0.2) is 5.01 Å². The number of nitrogens with one attached hydrogen (secondary N) is 1. The van der Waals surface area contributed by atoms with Crippen molar-refractivity contribution in [1.82, 2.24) is 15.2 Å². The summed E-state index contributed by atoms with van der Waals surface area (Å²) in [6.45, 7) is 1.81. The molecule has 2 aromatic heterocycles. The average Bonchev–Trinajstić information content (AvgIpc) is 3.29. The summed E-state index contributed by atoms with van der Waals surface area (Å²) in [7, 11) is 1.56. The molecule has 0 saturated carbocycles. The summed E-state index contributed by atoms with van der Waals surface area (Å²) in [6, 6.07) is 13.5. The van der Waals surface area contributed by atoms with Crippen molar-refractivity contribution in [2.45, 2.75) is 19.7 Å². The van der Waals surface area contributed by atoms with E-state index in [1.54, 1.807) is 19.2 Å². The lowest BCUT2D eigenvalue weighted by Crippen LogP contribution is -2.14. The molecule has 1 amide bonds. The molecule has 4 rings (SSSR count). The summed E-state index contributed by atoms with van der Waals surface area (Å²) >= 11 is 1.09. The molecule has 7 nitrogen and oxygen atoms in total. The van der Waals surface area contributed by atoms with E-state index in [1.807, 2.05) is 25.1 Å². The molecule has 0 fully saturated rings. The second-order valence-electron chi connectivity index (χ2n) is 7.34. The molecule has 0 atom stereocenters. The first-order valence-corrected chi connectivity index (χ1v) is 11.1. The van der Waals surface area contributed by atoms with Crippen LogP contribution in [0, 0.1) is 6.92 Å². The Kier molecular flexibility index (Phi) is 6.97. The van der Waals surface area contributed by atoms with Crippen LogP contribution in [0.5, 0.6) is 11.5 Å². The van der Waals surface area contributed by atoms with Gasteiger partial charge >= 0.3 is 6.18 Å². The van der Waals surface area contributed by atoms with Gasteiger partial charge in [0.05, 0.1) is 18.2 Å². The Morgan fingerprint density at radius 2 is 1.80 bits per heavy atom. The van der Waals surface area contributed by atoms with Crippen molar-refractivity contribution in [2.24, 2.45) is 0 Å². The van der Waals surface area contributed by atoms with Crippen LogP contribution in [0.25, 0.3) is 11.1 Å². The molecule has 0 spiro atoms. The maximum Gasteiger partial charge on any atom is 0.416 e. The second kappa shape index (κ2) is 10.1. The fourth-order valence-corrected chi connectivity index (χ4v) is 3.89. The van der Waals surface area contributed by atoms with Crippen LogP contribution in [0.2, 0.25) is 0 Å². The van der Waals surface area contributed by atoms with E-state index in [4.69, 9.17) is 9.47 Å². The number of carbonyl (C=O) groups is 1. The third-order valence-corrected chi connectivity index (χ3v) is 5.73. The van der Waals surface area contributed by atoms with E-state index in [2.05, 4.69) is 20.5 Å². The van der Waals surface area contributed by atoms with Gasteiger partial charge < -0.3 is 9.47 Å². The van der Waals surface area contributed by atoms with Gasteiger partial charge in [-0.25, -0.2) is 0 Å². The zero-order valence-electron chi connectivity index (χ0n) is 18.6. The number of methoxy groups -OCH3 is 1. The Morgan fingerprint density at radius 3 is 2.51 bits per heavy atom.